The molecule has 0 saturated carbocycles. The summed E-state index contributed by atoms with van der Waals surface area (Å²) in [5, 5.41) is 3.29. The van der Waals surface area contributed by atoms with Crippen LogP contribution in [0.1, 0.15) is 40.4 Å². The molecule has 0 spiro atoms. The Hall–Kier alpha value is -2.35. The number of nitrogens with one attached hydrogen (secondary N) is 1. The summed E-state index contributed by atoms with van der Waals surface area (Å²) in [5.74, 6) is 2.25. The van der Waals surface area contributed by atoms with Gasteiger partial charge in [-0.2, -0.15) is 0 Å². The molecular weight excluding hydrogens is 354 g/mol. The highest BCUT2D eigenvalue weighted by atomic mass is 32.2. The van der Waals surface area contributed by atoms with Crippen molar-refractivity contribution in [3.63, 3.8) is 0 Å². The molecule has 0 bridgehead atoms. The number of aryl methyl sites for hydroxylation is 2. The molecule has 1 N–H and O–H groups in total. The Morgan fingerprint density at radius 2 is 1.96 bits per heavy atom. The summed E-state index contributed by atoms with van der Waals surface area (Å²) < 4.78 is 28.5. The van der Waals surface area contributed by atoms with E-state index in [4.69, 9.17) is 4.42 Å². The largest absolute Gasteiger partial charge is 0.466 e. The maximum Gasteiger partial charge on any atom is 0.255 e. The van der Waals surface area contributed by atoms with Crippen LogP contribution in [0, 0.1) is 13.8 Å². The lowest BCUT2D eigenvalue weighted by Gasteiger charge is -2.26. The van der Waals surface area contributed by atoms with Crippen LogP contribution >= 0.6 is 0 Å². The molecule has 1 amide bonds. The van der Waals surface area contributed by atoms with Crippen molar-refractivity contribution >= 4 is 21.6 Å². The molecule has 140 valence electrons. The number of pyridine rings is 1. The minimum absolute atomic E-state index is 0.0206. The minimum atomic E-state index is -3.01. The molecule has 1 aliphatic heterocycles. The third-order valence-electron chi connectivity index (χ3n) is 4.55. The fourth-order valence-corrected chi connectivity index (χ4v) is 4.29. The van der Waals surface area contributed by atoms with Crippen LogP contribution in [0.2, 0.25) is 0 Å². The zero-order valence-corrected chi connectivity index (χ0v) is 16.0. The Morgan fingerprint density at radius 1 is 1.27 bits per heavy atom. The van der Waals surface area contributed by atoms with E-state index < -0.39 is 9.84 Å². The van der Waals surface area contributed by atoms with Crippen molar-refractivity contribution in [1.82, 2.24) is 9.88 Å². The number of anilines is 1. The van der Waals surface area contributed by atoms with Crippen LogP contribution in [0.15, 0.2) is 28.8 Å². The van der Waals surface area contributed by atoms with E-state index in [1.54, 1.807) is 17.0 Å². The molecular formula is C18H23N3O4S. The van der Waals surface area contributed by atoms with Crippen molar-refractivity contribution in [2.75, 3.05) is 29.9 Å². The number of furan rings is 1. The van der Waals surface area contributed by atoms with Gasteiger partial charge in [-0.15, -0.1) is 0 Å². The van der Waals surface area contributed by atoms with Gasteiger partial charge in [0.1, 0.15) is 17.3 Å². The van der Waals surface area contributed by atoms with Gasteiger partial charge in [0.25, 0.3) is 5.91 Å². The second-order valence-corrected chi connectivity index (χ2v) is 8.91. The highest BCUT2D eigenvalue weighted by molar-refractivity contribution is 7.91. The second kappa shape index (κ2) is 7.11. The van der Waals surface area contributed by atoms with Gasteiger partial charge in [0.2, 0.25) is 0 Å². The third kappa shape index (κ3) is 4.07. The molecule has 2 aromatic rings. The molecule has 1 atom stereocenters. The number of hydrogen-bond acceptors (Lipinski definition) is 6. The van der Waals surface area contributed by atoms with Gasteiger partial charge in [0.15, 0.2) is 9.84 Å². The predicted octanol–water partition coefficient (Wildman–Crippen LogP) is 2.34. The van der Waals surface area contributed by atoms with Gasteiger partial charge in [0, 0.05) is 24.8 Å². The van der Waals surface area contributed by atoms with Gasteiger partial charge >= 0.3 is 0 Å². The Morgan fingerprint density at radius 3 is 2.50 bits per heavy atom. The maximum absolute atomic E-state index is 12.5. The first-order chi connectivity index (χ1) is 12.2. The number of hydrogen-bond donors (Lipinski definition) is 1. The Balaban J connectivity index is 1.65. The van der Waals surface area contributed by atoms with Crippen molar-refractivity contribution in [2.45, 2.75) is 26.8 Å². The monoisotopic (exact) mass is 377 g/mol. The summed E-state index contributed by atoms with van der Waals surface area (Å²) >= 11 is 0. The molecule has 26 heavy (non-hydrogen) atoms. The molecule has 8 heteroatoms. The van der Waals surface area contributed by atoms with Gasteiger partial charge in [-0.25, -0.2) is 13.4 Å². The molecule has 2 aromatic heterocycles. The van der Waals surface area contributed by atoms with Crippen molar-refractivity contribution in [2.24, 2.45) is 0 Å². The summed E-state index contributed by atoms with van der Waals surface area (Å²) in [7, 11) is -3.01. The van der Waals surface area contributed by atoms with E-state index in [2.05, 4.69) is 10.3 Å². The van der Waals surface area contributed by atoms with E-state index in [0.717, 1.165) is 17.1 Å². The number of aromatic nitrogens is 1. The fraction of sp³-hybridized carbons (Fsp3) is 0.444. The third-order valence-corrected chi connectivity index (χ3v) is 6.16. The van der Waals surface area contributed by atoms with E-state index in [-0.39, 0.29) is 36.5 Å². The molecule has 1 saturated heterocycles. The van der Waals surface area contributed by atoms with E-state index in [9.17, 15) is 13.2 Å². The van der Waals surface area contributed by atoms with Crippen LogP contribution in [0.5, 0.6) is 0 Å². The Labute approximate surface area is 153 Å². The highest BCUT2D eigenvalue weighted by Gasteiger charge is 2.25. The van der Waals surface area contributed by atoms with Crippen LogP contribution in [0.3, 0.4) is 0 Å². The topological polar surface area (TPSA) is 92.5 Å². The normalized spacial score (nSPS) is 17.7. The summed E-state index contributed by atoms with van der Waals surface area (Å²) in [6.07, 6.45) is 1.52. The number of rotatable bonds is 4. The van der Waals surface area contributed by atoms with Crippen LogP contribution in [-0.2, 0) is 9.84 Å². The summed E-state index contributed by atoms with van der Waals surface area (Å²) in [5.41, 5.74) is 1.52. The molecule has 1 aliphatic rings. The molecule has 0 aromatic carbocycles. The minimum Gasteiger partial charge on any atom is -0.466 e. The summed E-state index contributed by atoms with van der Waals surface area (Å²) in [4.78, 5) is 18.4. The average molecular weight is 377 g/mol. The molecule has 0 aliphatic carbocycles. The van der Waals surface area contributed by atoms with Crippen molar-refractivity contribution < 1.29 is 17.6 Å². The van der Waals surface area contributed by atoms with Gasteiger partial charge in [0.05, 0.1) is 23.1 Å². The quantitative estimate of drug-likeness (QED) is 0.879. The molecule has 7 nitrogen and oxygen atoms in total. The van der Waals surface area contributed by atoms with Gasteiger partial charge in [-0.05, 0) is 39.0 Å². The zero-order valence-electron chi connectivity index (χ0n) is 15.2. The number of carbonyl (C=O) groups excluding carboxylic acids is 1. The SMILES string of the molecule is Cc1cc(C(C)Nc2ccc(C(=O)N3CCS(=O)(=O)CC3)cn2)c(C)o1. The average Bonchev–Trinajstić information content (AvgIpc) is 2.93. The molecule has 3 rings (SSSR count). The highest BCUT2D eigenvalue weighted by Crippen LogP contribution is 2.24. The predicted molar refractivity (Wildman–Crippen MR) is 99.0 cm³/mol. The van der Waals surface area contributed by atoms with Gasteiger partial charge < -0.3 is 14.6 Å². The van der Waals surface area contributed by atoms with Crippen molar-refractivity contribution in [1.29, 1.82) is 0 Å². The lowest BCUT2D eigenvalue weighted by molar-refractivity contribution is 0.0770. The number of sulfone groups is 1. The molecule has 3 heterocycles. The van der Waals surface area contributed by atoms with Gasteiger partial charge in [-0.1, -0.05) is 0 Å². The first-order valence-corrected chi connectivity index (χ1v) is 10.4. The van der Waals surface area contributed by atoms with Crippen molar-refractivity contribution in [3.8, 4) is 0 Å². The van der Waals surface area contributed by atoms with E-state index in [1.807, 2.05) is 26.8 Å². The van der Waals surface area contributed by atoms with Crippen LogP contribution in [-0.4, -0.2) is 48.8 Å². The van der Waals surface area contributed by atoms with E-state index >= 15 is 0 Å². The Bertz CT molecular complexity index is 889. The van der Waals surface area contributed by atoms with Crippen molar-refractivity contribution in [3.05, 3.63) is 47.0 Å². The smallest absolute Gasteiger partial charge is 0.255 e. The summed E-state index contributed by atoms with van der Waals surface area (Å²) in [6, 6.07) is 5.48. The first kappa shape index (κ1) is 18.4. The number of nitrogens with zero attached hydrogens (tertiary/aromatic N) is 2. The molecule has 0 radical (unpaired) electrons. The fourth-order valence-electron chi connectivity index (χ4n) is 3.08. The molecule has 1 unspecified atom stereocenters. The van der Waals surface area contributed by atoms with E-state index in [0.29, 0.717) is 11.4 Å². The lowest BCUT2D eigenvalue weighted by Crippen LogP contribution is -2.43. The number of amides is 1. The maximum atomic E-state index is 12.5. The summed E-state index contributed by atoms with van der Waals surface area (Å²) in [6.45, 7) is 6.32. The standard InChI is InChI=1S/C18H23N3O4S/c1-12-10-16(14(3)25-12)13(2)20-17-5-4-15(11-19-17)18(22)21-6-8-26(23,24)9-7-21/h4-5,10-11,13H,6-9H2,1-3H3,(H,19,20). The lowest BCUT2D eigenvalue weighted by atomic mass is 10.1. The van der Waals surface area contributed by atoms with E-state index in [1.165, 1.54) is 6.20 Å². The first-order valence-electron chi connectivity index (χ1n) is 8.54. The molecule has 1 fully saturated rings. The van der Waals surface area contributed by atoms with Gasteiger partial charge in [-0.3, -0.25) is 4.79 Å². The van der Waals surface area contributed by atoms with Crippen LogP contribution in [0.25, 0.3) is 0 Å². The second-order valence-electron chi connectivity index (χ2n) is 6.61. The zero-order chi connectivity index (χ0) is 18.9. The van der Waals surface area contributed by atoms with Crippen LogP contribution in [0.4, 0.5) is 5.82 Å². The number of carbonyl (C=O) groups is 1. The Kier molecular flexibility index (Phi) is 5.04. The van der Waals surface area contributed by atoms with Crippen LogP contribution < -0.4 is 5.32 Å².